The number of anilines is 1. The van der Waals surface area contributed by atoms with Crippen LogP contribution >= 0.6 is 23.1 Å². The van der Waals surface area contributed by atoms with Crippen molar-refractivity contribution in [1.82, 2.24) is 9.29 Å². The van der Waals surface area contributed by atoms with Crippen molar-refractivity contribution in [3.05, 3.63) is 72.2 Å². The van der Waals surface area contributed by atoms with E-state index in [0.29, 0.717) is 23.0 Å². The maximum atomic E-state index is 13.8. The molecule has 0 saturated heterocycles. The SMILES string of the molecule is CCN(C1CCCCC1)S(=O)(=O)c1ccc(C(=O)N(Cc2ccco2)c2nc3ccc(SC)cc3s2)cc1. The molecule has 4 aromatic rings. The Morgan fingerprint density at radius 2 is 1.87 bits per heavy atom. The molecule has 2 aromatic carbocycles. The van der Waals surface area contributed by atoms with E-state index in [2.05, 4.69) is 6.07 Å². The fourth-order valence-electron chi connectivity index (χ4n) is 4.97. The number of thiazole rings is 1. The number of fused-ring (bicyclic) bond motifs is 1. The van der Waals surface area contributed by atoms with Gasteiger partial charge in [0.15, 0.2) is 5.13 Å². The quantitative estimate of drug-likeness (QED) is 0.206. The molecule has 1 amide bonds. The fourth-order valence-corrected chi connectivity index (χ4v) is 8.18. The molecule has 0 spiro atoms. The Morgan fingerprint density at radius 1 is 1.11 bits per heavy atom. The standard InChI is InChI=1S/C28H31N3O4S3/c1-3-31(21-8-5-4-6-9-21)38(33,34)24-14-11-20(12-15-24)27(32)30(19-22-10-7-17-35-22)28-29-25-16-13-23(36-2)18-26(25)37-28/h7,10-18,21H,3-6,8-9,19H2,1-2H3. The minimum absolute atomic E-state index is 0.0366. The molecule has 1 saturated carbocycles. The molecule has 1 aliphatic rings. The van der Waals surface area contributed by atoms with Crippen LogP contribution in [-0.2, 0) is 16.6 Å². The molecular formula is C28H31N3O4S3. The van der Waals surface area contributed by atoms with Crippen LogP contribution in [0.15, 0.2) is 75.1 Å². The number of aromatic nitrogens is 1. The lowest BCUT2D eigenvalue weighted by Crippen LogP contribution is -2.41. The predicted molar refractivity (Wildman–Crippen MR) is 154 cm³/mol. The highest BCUT2D eigenvalue weighted by Crippen LogP contribution is 2.34. The van der Waals surface area contributed by atoms with Gasteiger partial charge in [-0.25, -0.2) is 13.4 Å². The van der Waals surface area contributed by atoms with Gasteiger partial charge in [0, 0.05) is 23.0 Å². The molecule has 2 aromatic heterocycles. The second-order valence-electron chi connectivity index (χ2n) is 9.33. The van der Waals surface area contributed by atoms with E-state index in [1.165, 1.54) is 11.3 Å². The summed E-state index contributed by atoms with van der Waals surface area (Å²) in [6.45, 7) is 2.53. The molecule has 10 heteroatoms. The van der Waals surface area contributed by atoms with Crippen molar-refractivity contribution in [3.8, 4) is 0 Å². The molecule has 1 fully saturated rings. The van der Waals surface area contributed by atoms with Crippen molar-refractivity contribution >= 4 is 54.4 Å². The van der Waals surface area contributed by atoms with Crippen molar-refractivity contribution in [3.63, 3.8) is 0 Å². The van der Waals surface area contributed by atoms with E-state index < -0.39 is 10.0 Å². The lowest BCUT2D eigenvalue weighted by molar-refractivity contribution is 0.0983. The molecule has 0 aliphatic heterocycles. The third-order valence-electron chi connectivity index (χ3n) is 6.96. The van der Waals surface area contributed by atoms with Gasteiger partial charge in [0.1, 0.15) is 5.76 Å². The first-order chi connectivity index (χ1) is 18.4. The number of rotatable bonds is 9. The van der Waals surface area contributed by atoms with Crippen molar-refractivity contribution < 1.29 is 17.6 Å². The van der Waals surface area contributed by atoms with Crippen LogP contribution in [0.2, 0.25) is 0 Å². The minimum atomic E-state index is -3.65. The Hall–Kier alpha value is -2.66. The zero-order valence-corrected chi connectivity index (χ0v) is 23.9. The Kier molecular flexibility index (Phi) is 8.23. The van der Waals surface area contributed by atoms with Crippen LogP contribution in [0.1, 0.15) is 55.1 Å². The van der Waals surface area contributed by atoms with Crippen LogP contribution in [0.3, 0.4) is 0 Å². The van der Waals surface area contributed by atoms with Crippen molar-refractivity contribution in [1.29, 1.82) is 0 Å². The van der Waals surface area contributed by atoms with Gasteiger partial charge in [-0.2, -0.15) is 4.31 Å². The summed E-state index contributed by atoms with van der Waals surface area (Å²) in [4.78, 5) is 21.4. The van der Waals surface area contributed by atoms with Gasteiger partial charge >= 0.3 is 0 Å². The second kappa shape index (κ2) is 11.6. The lowest BCUT2D eigenvalue weighted by atomic mass is 9.95. The number of nitrogens with zero attached hydrogens (tertiary/aromatic N) is 3. The second-order valence-corrected chi connectivity index (χ2v) is 13.1. The molecular weight excluding hydrogens is 539 g/mol. The number of furan rings is 1. The van der Waals surface area contributed by atoms with Gasteiger partial charge in [0.25, 0.3) is 5.91 Å². The van der Waals surface area contributed by atoms with E-state index in [9.17, 15) is 13.2 Å². The van der Waals surface area contributed by atoms with Gasteiger partial charge < -0.3 is 4.42 Å². The normalized spacial score (nSPS) is 14.8. The summed E-state index contributed by atoms with van der Waals surface area (Å²) in [6.07, 6.45) is 8.66. The van der Waals surface area contributed by atoms with E-state index >= 15 is 0 Å². The molecule has 0 atom stereocenters. The Labute approximate surface area is 231 Å². The van der Waals surface area contributed by atoms with Crippen LogP contribution < -0.4 is 4.90 Å². The summed E-state index contributed by atoms with van der Waals surface area (Å²) in [6, 6.07) is 16.0. The third kappa shape index (κ3) is 5.54. The molecule has 0 unspecified atom stereocenters. The number of carbonyl (C=O) groups excluding carboxylic acids is 1. The van der Waals surface area contributed by atoms with E-state index in [-0.39, 0.29) is 23.4 Å². The van der Waals surface area contributed by atoms with E-state index in [1.807, 2.05) is 31.4 Å². The zero-order chi connectivity index (χ0) is 26.7. The molecule has 5 rings (SSSR count). The number of hydrogen-bond donors (Lipinski definition) is 0. The van der Waals surface area contributed by atoms with Gasteiger partial charge in [-0.1, -0.05) is 37.5 Å². The number of benzene rings is 2. The summed E-state index contributed by atoms with van der Waals surface area (Å²) in [7, 11) is -3.65. The van der Waals surface area contributed by atoms with Gasteiger partial charge in [-0.05, 0) is 73.7 Å². The van der Waals surface area contributed by atoms with Crippen molar-refractivity contribution in [2.45, 2.75) is 61.4 Å². The Morgan fingerprint density at radius 3 is 2.53 bits per heavy atom. The number of amides is 1. The predicted octanol–water partition coefficient (Wildman–Crippen LogP) is 6.80. The zero-order valence-electron chi connectivity index (χ0n) is 21.5. The highest BCUT2D eigenvalue weighted by atomic mass is 32.2. The lowest BCUT2D eigenvalue weighted by Gasteiger charge is -2.32. The van der Waals surface area contributed by atoms with Crippen LogP contribution in [0.4, 0.5) is 5.13 Å². The largest absolute Gasteiger partial charge is 0.467 e. The summed E-state index contributed by atoms with van der Waals surface area (Å²) >= 11 is 3.10. The van der Waals surface area contributed by atoms with E-state index in [1.54, 1.807) is 57.6 Å². The monoisotopic (exact) mass is 569 g/mol. The van der Waals surface area contributed by atoms with Crippen LogP contribution in [-0.4, -0.2) is 42.5 Å². The van der Waals surface area contributed by atoms with Gasteiger partial charge in [-0.3, -0.25) is 9.69 Å². The maximum absolute atomic E-state index is 13.8. The number of hydrogen-bond acceptors (Lipinski definition) is 7. The molecule has 38 heavy (non-hydrogen) atoms. The highest BCUT2D eigenvalue weighted by Gasteiger charge is 2.31. The average molecular weight is 570 g/mol. The van der Waals surface area contributed by atoms with E-state index in [4.69, 9.17) is 9.40 Å². The number of sulfonamides is 1. The average Bonchev–Trinajstić information content (AvgIpc) is 3.61. The molecule has 2 heterocycles. The van der Waals surface area contributed by atoms with Gasteiger partial charge in [0.05, 0.1) is 27.9 Å². The number of carbonyl (C=O) groups is 1. The summed E-state index contributed by atoms with van der Waals surface area (Å²) in [5.41, 5.74) is 1.21. The topological polar surface area (TPSA) is 83.7 Å². The number of thioether (sulfide) groups is 1. The maximum Gasteiger partial charge on any atom is 0.260 e. The molecule has 200 valence electrons. The van der Waals surface area contributed by atoms with Crippen LogP contribution in [0.25, 0.3) is 10.2 Å². The molecule has 0 radical (unpaired) electrons. The highest BCUT2D eigenvalue weighted by molar-refractivity contribution is 7.98. The first-order valence-electron chi connectivity index (χ1n) is 12.8. The smallest absolute Gasteiger partial charge is 0.260 e. The first-order valence-corrected chi connectivity index (χ1v) is 16.3. The Balaban J connectivity index is 1.44. The molecule has 0 N–H and O–H groups in total. The molecule has 1 aliphatic carbocycles. The van der Waals surface area contributed by atoms with Crippen molar-refractivity contribution in [2.24, 2.45) is 0 Å². The summed E-state index contributed by atoms with van der Waals surface area (Å²) < 4.78 is 35.1. The summed E-state index contributed by atoms with van der Waals surface area (Å²) in [5.74, 6) is 0.363. The van der Waals surface area contributed by atoms with Gasteiger partial charge in [0.2, 0.25) is 10.0 Å². The Bertz CT molecular complexity index is 1490. The van der Waals surface area contributed by atoms with Gasteiger partial charge in [-0.15, -0.1) is 11.8 Å². The molecule has 7 nitrogen and oxygen atoms in total. The fraction of sp³-hybridized carbons (Fsp3) is 0.357. The van der Waals surface area contributed by atoms with Crippen LogP contribution in [0.5, 0.6) is 0 Å². The minimum Gasteiger partial charge on any atom is -0.467 e. The third-order valence-corrected chi connectivity index (χ3v) is 10.8. The van der Waals surface area contributed by atoms with Crippen LogP contribution in [0, 0.1) is 0 Å². The summed E-state index contributed by atoms with van der Waals surface area (Å²) in [5, 5.41) is 0.561. The van der Waals surface area contributed by atoms with E-state index in [0.717, 1.165) is 47.2 Å². The molecule has 0 bridgehead atoms. The van der Waals surface area contributed by atoms with Crippen molar-refractivity contribution in [2.75, 3.05) is 17.7 Å². The first kappa shape index (κ1) is 26.9.